The molecule has 196 valence electrons. The predicted molar refractivity (Wildman–Crippen MR) is 149 cm³/mol. The zero-order valence-corrected chi connectivity index (χ0v) is 22.0. The number of nitrogens with one attached hydrogen (secondary N) is 3. The highest BCUT2D eigenvalue weighted by atomic mass is 16.2. The molecule has 0 radical (unpaired) electrons. The molecule has 3 N–H and O–H groups in total. The minimum absolute atomic E-state index is 0.0432. The Labute approximate surface area is 215 Å². The van der Waals surface area contributed by atoms with Gasteiger partial charge in [-0.15, -0.1) is 0 Å². The summed E-state index contributed by atoms with van der Waals surface area (Å²) in [6.45, 7) is 16.1. The van der Waals surface area contributed by atoms with Crippen LogP contribution in [-0.2, 0) is 11.3 Å². The van der Waals surface area contributed by atoms with E-state index in [1.807, 2.05) is 31.2 Å². The number of piperazine rings is 1. The Kier molecular flexibility index (Phi) is 10.6. The molecule has 1 atom stereocenters. The Hall–Kier alpha value is -3.04. The first-order valence-electron chi connectivity index (χ1n) is 13.0. The summed E-state index contributed by atoms with van der Waals surface area (Å²) in [4.78, 5) is 28.1. The number of hydrogen-bond acceptors (Lipinski definition) is 5. The Morgan fingerprint density at radius 3 is 2.67 bits per heavy atom. The quantitative estimate of drug-likeness (QED) is 0.362. The predicted octanol–water partition coefficient (Wildman–Crippen LogP) is 2.82. The van der Waals surface area contributed by atoms with E-state index in [1.54, 1.807) is 0 Å². The molecule has 0 bridgehead atoms. The maximum atomic E-state index is 12.7. The Balaban J connectivity index is 1.41. The molecular formula is C27H42N8O. The third kappa shape index (κ3) is 8.57. The lowest BCUT2D eigenvalue weighted by Crippen LogP contribution is -2.50. The number of guanidine groups is 1. The smallest absolute Gasteiger partial charge is 0.234 e. The number of allylic oxidation sites excluding steroid dienone is 1. The fraction of sp³-hybridized carbons (Fsp3) is 0.556. The number of carbonyl (C=O) groups excluding carboxylic acids is 1. The number of rotatable bonds is 9. The van der Waals surface area contributed by atoms with Gasteiger partial charge in [0.2, 0.25) is 11.9 Å². The second kappa shape index (κ2) is 13.9. The van der Waals surface area contributed by atoms with Crippen molar-refractivity contribution in [1.29, 1.82) is 5.41 Å². The highest BCUT2D eigenvalue weighted by molar-refractivity contribution is 5.94. The molecule has 1 aromatic carbocycles. The normalized spacial score (nSPS) is 19.7. The minimum Gasteiger partial charge on any atom is -0.353 e. The van der Waals surface area contributed by atoms with Crippen LogP contribution in [0.25, 0.3) is 0 Å². The van der Waals surface area contributed by atoms with Gasteiger partial charge in [-0.2, -0.15) is 0 Å². The molecule has 9 nitrogen and oxygen atoms in total. The van der Waals surface area contributed by atoms with Crippen molar-refractivity contribution in [1.82, 2.24) is 20.0 Å². The summed E-state index contributed by atoms with van der Waals surface area (Å²) in [7, 11) is 0. The lowest BCUT2D eigenvalue weighted by molar-refractivity contribution is -0.122. The molecule has 3 rings (SSSR count). The van der Waals surface area contributed by atoms with Crippen LogP contribution in [0.4, 0.5) is 5.69 Å². The van der Waals surface area contributed by atoms with E-state index in [-0.39, 0.29) is 17.9 Å². The zero-order chi connectivity index (χ0) is 25.9. The minimum atomic E-state index is 0.0432. The Bertz CT molecular complexity index is 949. The van der Waals surface area contributed by atoms with Gasteiger partial charge in [0.05, 0.1) is 6.54 Å². The van der Waals surface area contributed by atoms with E-state index in [1.165, 1.54) is 5.56 Å². The van der Waals surface area contributed by atoms with Crippen LogP contribution in [0.15, 0.2) is 46.4 Å². The third-order valence-corrected chi connectivity index (χ3v) is 6.50. The first kappa shape index (κ1) is 27.5. The molecule has 0 aliphatic carbocycles. The molecule has 2 saturated heterocycles. The Morgan fingerprint density at radius 2 is 1.97 bits per heavy atom. The van der Waals surface area contributed by atoms with Gasteiger partial charge in [-0.25, -0.2) is 4.99 Å². The second-order valence-electron chi connectivity index (χ2n) is 9.76. The number of carbonyl (C=O) groups is 1. The lowest BCUT2D eigenvalue weighted by atomic mass is 10.1. The molecule has 0 aromatic heterocycles. The number of anilines is 1. The largest absolute Gasteiger partial charge is 0.353 e. The second-order valence-corrected chi connectivity index (χ2v) is 9.76. The molecule has 2 fully saturated rings. The summed E-state index contributed by atoms with van der Waals surface area (Å²) < 4.78 is 0. The van der Waals surface area contributed by atoms with E-state index in [9.17, 15) is 4.79 Å². The van der Waals surface area contributed by atoms with Gasteiger partial charge in [0.1, 0.15) is 5.84 Å². The molecular weight excluding hydrogens is 452 g/mol. The van der Waals surface area contributed by atoms with E-state index >= 15 is 0 Å². The van der Waals surface area contributed by atoms with E-state index in [0.717, 1.165) is 63.6 Å². The molecule has 1 aromatic rings. The standard InChI is InChI=1S/C27H42N8O/c1-5-8-25(31-21(2)3)35-12-7-11-24(35)18-30-26(36)20-34-15-13-33(14-16-34)19-22-9-6-10-23(17-22)32-27(28)29-4/h5-6,8-10,17,21,24H,4,7,11-16,18-20H2,1-3H3,(H2,28,32)(H,30,36)/b8-5-,31-25+. The van der Waals surface area contributed by atoms with Crippen LogP contribution in [-0.4, -0.2) is 97.0 Å². The van der Waals surface area contributed by atoms with Crippen LogP contribution >= 0.6 is 0 Å². The van der Waals surface area contributed by atoms with Gasteiger partial charge in [0.15, 0.2) is 0 Å². The molecule has 0 spiro atoms. The van der Waals surface area contributed by atoms with Crippen molar-refractivity contribution in [3.63, 3.8) is 0 Å². The number of likely N-dealkylation sites (tertiary alicyclic amines) is 1. The molecule has 2 aliphatic rings. The molecule has 2 aliphatic heterocycles. The van der Waals surface area contributed by atoms with Crippen LogP contribution in [0.5, 0.6) is 0 Å². The van der Waals surface area contributed by atoms with Crippen LogP contribution in [0, 0.1) is 5.41 Å². The third-order valence-electron chi connectivity index (χ3n) is 6.50. The van der Waals surface area contributed by atoms with E-state index < -0.39 is 0 Å². The highest BCUT2D eigenvalue weighted by Crippen LogP contribution is 2.19. The molecule has 36 heavy (non-hydrogen) atoms. The van der Waals surface area contributed by atoms with Crippen LogP contribution < -0.4 is 10.6 Å². The summed E-state index contributed by atoms with van der Waals surface area (Å²) in [6, 6.07) is 8.58. The molecule has 2 heterocycles. The summed E-state index contributed by atoms with van der Waals surface area (Å²) in [6.07, 6.45) is 6.32. The number of nitrogens with zero attached hydrogens (tertiary/aromatic N) is 5. The Morgan fingerprint density at radius 1 is 1.22 bits per heavy atom. The number of amidine groups is 1. The van der Waals surface area contributed by atoms with Gasteiger partial charge in [-0.05, 0) is 64.1 Å². The molecule has 9 heteroatoms. The van der Waals surface area contributed by atoms with Crippen LogP contribution in [0.1, 0.15) is 39.2 Å². The number of aliphatic imine (C=N–C) groups is 2. The average Bonchev–Trinajstić information content (AvgIpc) is 3.32. The van der Waals surface area contributed by atoms with Gasteiger partial charge in [-0.3, -0.25) is 25.0 Å². The van der Waals surface area contributed by atoms with Gasteiger partial charge < -0.3 is 15.5 Å². The van der Waals surface area contributed by atoms with Crippen LogP contribution in [0.3, 0.4) is 0 Å². The van der Waals surface area contributed by atoms with Crippen molar-refractivity contribution >= 4 is 30.1 Å². The first-order chi connectivity index (χ1) is 17.4. The maximum absolute atomic E-state index is 12.7. The fourth-order valence-electron chi connectivity index (χ4n) is 4.75. The summed E-state index contributed by atoms with van der Waals surface area (Å²) >= 11 is 0. The lowest BCUT2D eigenvalue weighted by Gasteiger charge is -2.34. The van der Waals surface area contributed by atoms with Gasteiger partial charge in [-0.1, -0.05) is 18.2 Å². The molecule has 1 unspecified atom stereocenters. The van der Waals surface area contributed by atoms with E-state index in [0.29, 0.717) is 19.1 Å². The van der Waals surface area contributed by atoms with Gasteiger partial charge >= 0.3 is 0 Å². The summed E-state index contributed by atoms with van der Waals surface area (Å²) in [5.41, 5.74) is 2.02. The number of hydrogen-bond donors (Lipinski definition) is 3. The van der Waals surface area contributed by atoms with Crippen molar-refractivity contribution in [3.05, 3.63) is 42.0 Å². The molecule has 1 amide bonds. The first-order valence-corrected chi connectivity index (χ1v) is 13.0. The van der Waals surface area contributed by atoms with Gasteiger partial charge in [0.25, 0.3) is 0 Å². The SMILES string of the molecule is C=NC(=N)Nc1cccc(CN2CCN(CC(=O)NCC3CCCN3C(/C=C\C)=N/C(C)C)CC2)c1. The monoisotopic (exact) mass is 494 g/mol. The number of benzene rings is 1. The topological polar surface area (TPSA) is 99.4 Å². The highest BCUT2D eigenvalue weighted by Gasteiger charge is 2.27. The fourth-order valence-corrected chi connectivity index (χ4v) is 4.75. The zero-order valence-electron chi connectivity index (χ0n) is 22.0. The summed E-state index contributed by atoms with van der Waals surface area (Å²) in [5, 5.41) is 13.7. The molecule has 0 saturated carbocycles. The number of amides is 1. The maximum Gasteiger partial charge on any atom is 0.234 e. The summed E-state index contributed by atoms with van der Waals surface area (Å²) in [5.74, 6) is 1.17. The van der Waals surface area contributed by atoms with Crippen molar-refractivity contribution in [2.24, 2.45) is 9.98 Å². The average molecular weight is 495 g/mol. The van der Waals surface area contributed by atoms with E-state index in [2.05, 4.69) is 63.0 Å². The van der Waals surface area contributed by atoms with Crippen molar-refractivity contribution in [2.75, 3.05) is 51.1 Å². The van der Waals surface area contributed by atoms with Crippen molar-refractivity contribution in [2.45, 2.75) is 52.2 Å². The van der Waals surface area contributed by atoms with E-state index in [4.69, 9.17) is 10.4 Å². The van der Waals surface area contributed by atoms with Crippen molar-refractivity contribution < 1.29 is 4.79 Å². The van der Waals surface area contributed by atoms with Gasteiger partial charge in [0, 0.05) is 63.6 Å². The van der Waals surface area contributed by atoms with Crippen LogP contribution in [0.2, 0.25) is 0 Å². The van der Waals surface area contributed by atoms with Crippen molar-refractivity contribution in [3.8, 4) is 0 Å².